The molecule has 4 rings (SSSR count). The van der Waals surface area contributed by atoms with E-state index in [1.165, 1.54) is 6.20 Å². The van der Waals surface area contributed by atoms with Crippen LogP contribution in [0.5, 0.6) is 0 Å². The van der Waals surface area contributed by atoms with E-state index in [1.807, 2.05) is 0 Å². The zero-order chi connectivity index (χ0) is 24.0. The molecule has 4 heterocycles. The van der Waals surface area contributed by atoms with E-state index in [0.717, 1.165) is 6.33 Å². The summed E-state index contributed by atoms with van der Waals surface area (Å²) in [5.74, 6) is -2.48. The number of alkyl halides is 6. The lowest BCUT2D eigenvalue weighted by Gasteiger charge is -2.36. The van der Waals surface area contributed by atoms with Crippen LogP contribution in [-0.4, -0.2) is 50.9 Å². The number of amides is 1. The minimum Gasteiger partial charge on any atom is -0.356 e. The third-order valence-electron chi connectivity index (χ3n) is 5.89. The lowest BCUT2D eigenvalue weighted by atomic mass is 9.90. The van der Waals surface area contributed by atoms with Crippen molar-refractivity contribution in [1.82, 2.24) is 19.5 Å². The number of anilines is 2. The van der Waals surface area contributed by atoms with E-state index in [2.05, 4.69) is 27.2 Å². The molecule has 1 N–H and O–H groups in total. The number of fused-ring (bicyclic) bond motifs is 1. The average molecular weight is 475 g/mol. The van der Waals surface area contributed by atoms with Gasteiger partial charge in [0.1, 0.15) is 23.8 Å². The second kappa shape index (κ2) is 8.49. The fourth-order valence-corrected chi connectivity index (χ4v) is 4.44. The Morgan fingerprint density at radius 2 is 1.82 bits per heavy atom. The standard InChI is InChI=1S/C20H21F6N6O/c1-2-31-9-12(8-19(21,22)23)29-17(31)11-3-5-32(6-4-11)18-15-13(20(24,25)26)7-14(33)30-16(15)27-10-28-18/h9-11,13H,1-8H2,(H,27,28,30,33). The first-order valence-corrected chi connectivity index (χ1v) is 10.3. The molecule has 1 atom stereocenters. The topological polar surface area (TPSA) is 75.9 Å². The maximum absolute atomic E-state index is 13.7. The Morgan fingerprint density at radius 1 is 1.12 bits per heavy atom. The lowest BCUT2D eigenvalue weighted by Crippen LogP contribution is -2.38. The van der Waals surface area contributed by atoms with Crippen LogP contribution in [0.15, 0.2) is 12.5 Å². The minimum absolute atomic E-state index is 0.0859. The Hall–Kier alpha value is -2.86. The maximum atomic E-state index is 13.7. The first-order valence-electron chi connectivity index (χ1n) is 10.3. The number of nitrogens with one attached hydrogen (secondary N) is 1. The van der Waals surface area contributed by atoms with E-state index in [-0.39, 0.29) is 35.4 Å². The van der Waals surface area contributed by atoms with Crippen molar-refractivity contribution in [2.45, 2.75) is 56.4 Å². The molecule has 179 valence electrons. The fourth-order valence-electron chi connectivity index (χ4n) is 4.44. The maximum Gasteiger partial charge on any atom is 0.396 e. The van der Waals surface area contributed by atoms with Gasteiger partial charge in [-0.3, -0.25) is 4.79 Å². The van der Waals surface area contributed by atoms with Crippen molar-refractivity contribution in [3.05, 3.63) is 36.5 Å². The molecule has 1 fully saturated rings. The van der Waals surface area contributed by atoms with Crippen molar-refractivity contribution < 1.29 is 31.1 Å². The molecule has 0 spiro atoms. The predicted octanol–water partition coefficient (Wildman–Crippen LogP) is 3.98. The van der Waals surface area contributed by atoms with E-state index in [1.54, 1.807) is 9.47 Å². The van der Waals surface area contributed by atoms with Gasteiger partial charge >= 0.3 is 12.4 Å². The van der Waals surface area contributed by atoms with Crippen LogP contribution < -0.4 is 10.2 Å². The fraction of sp³-hybridized carbons (Fsp3) is 0.550. The normalized spacial score (nSPS) is 20.0. The van der Waals surface area contributed by atoms with Crippen LogP contribution in [0.4, 0.5) is 38.0 Å². The molecule has 1 amide bonds. The summed E-state index contributed by atoms with van der Waals surface area (Å²) in [4.78, 5) is 25.5. The number of hydrogen-bond donors (Lipinski definition) is 1. The highest BCUT2D eigenvalue weighted by Crippen LogP contribution is 2.46. The van der Waals surface area contributed by atoms with Gasteiger partial charge in [0.15, 0.2) is 0 Å². The van der Waals surface area contributed by atoms with E-state index >= 15 is 0 Å². The number of carbonyl (C=O) groups is 1. The van der Waals surface area contributed by atoms with Gasteiger partial charge in [-0.25, -0.2) is 15.0 Å². The predicted molar refractivity (Wildman–Crippen MR) is 106 cm³/mol. The van der Waals surface area contributed by atoms with Gasteiger partial charge in [0.2, 0.25) is 5.91 Å². The summed E-state index contributed by atoms with van der Waals surface area (Å²) in [7, 11) is 0. The van der Waals surface area contributed by atoms with Gasteiger partial charge in [-0.15, -0.1) is 0 Å². The van der Waals surface area contributed by atoms with Gasteiger partial charge in [-0.2, -0.15) is 26.3 Å². The van der Waals surface area contributed by atoms with Crippen LogP contribution >= 0.6 is 0 Å². The SMILES string of the molecule is [CH2]Cn1cc(CC(F)(F)F)nc1C1CCN(c2ncnc3c2C(C(F)(F)F)CC(=O)N3)CC1. The Labute approximate surface area is 185 Å². The van der Waals surface area contributed by atoms with Crippen LogP contribution in [0.25, 0.3) is 0 Å². The highest BCUT2D eigenvalue weighted by molar-refractivity contribution is 5.94. The van der Waals surface area contributed by atoms with Gasteiger partial charge in [0, 0.05) is 38.2 Å². The van der Waals surface area contributed by atoms with E-state index in [4.69, 9.17) is 0 Å². The molecule has 2 aromatic rings. The minimum atomic E-state index is -4.64. The summed E-state index contributed by atoms with van der Waals surface area (Å²) in [6, 6.07) is 0. The van der Waals surface area contributed by atoms with E-state index in [9.17, 15) is 31.1 Å². The Kier molecular flexibility index (Phi) is 5.99. The molecule has 0 bridgehead atoms. The quantitative estimate of drug-likeness (QED) is 0.677. The number of rotatable bonds is 4. The van der Waals surface area contributed by atoms with E-state index in [0.29, 0.717) is 31.8 Å². The summed E-state index contributed by atoms with van der Waals surface area (Å²) >= 11 is 0. The van der Waals surface area contributed by atoms with Crippen molar-refractivity contribution in [1.29, 1.82) is 0 Å². The third kappa shape index (κ3) is 4.91. The second-order valence-electron chi connectivity index (χ2n) is 8.14. The monoisotopic (exact) mass is 475 g/mol. The summed E-state index contributed by atoms with van der Waals surface area (Å²) in [6.45, 7) is 4.61. The number of carbonyl (C=O) groups excluding carboxylic acids is 1. The Morgan fingerprint density at radius 3 is 2.42 bits per heavy atom. The molecule has 1 radical (unpaired) electrons. The molecule has 2 aromatic heterocycles. The van der Waals surface area contributed by atoms with Crippen LogP contribution in [0.2, 0.25) is 0 Å². The van der Waals surface area contributed by atoms with Crippen molar-refractivity contribution in [3.8, 4) is 0 Å². The number of piperidine rings is 1. The number of nitrogens with zero attached hydrogens (tertiary/aromatic N) is 5. The molecule has 0 aromatic carbocycles. The Bertz CT molecular complexity index is 1030. The number of hydrogen-bond acceptors (Lipinski definition) is 5. The molecule has 0 saturated carbocycles. The lowest BCUT2D eigenvalue weighted by molar-refractivity contribution is -0.156. The first-order chi connectivity index (χ1) is 15.5. The summed E-state index contributed by atoms with van der Waals surface area (Å²) in [5, 5.41) is 2.38. The molecule has 13 heteroatoms. The van der Waals surface area contributed by atoms with Crippen LogP contribution in [0.1, 0.15) is 48.2 Å². The van der Waals surface area contributed by atoms with Gasteiger partial charge < -0.3 is 14.8 Å². The van der Waals surface area contributed by atoms with Crippen LogP contribution in [0.3, 0.4) is 0 Å². The zero-order valence-electron chi connectivity index (χ0n) is 17.4. The number of halogens is 6. The van der Waals surface area contributed by atoms with Crippen LogP contribution in [-0.2, 0) is 17.8 Å². The number of imidazole rings is 1. The summed E-state index contributed by atoms with van der Waals surface area (Å²) < 4.78 is 80.9. The largest absolute Gasteiger partial charge is 0.396 e. The Balaban J connectivity index is 1.55. The molecule has 2 aliphatic rings. The molecule has 0 aliphatic carbocycles. The smallest absolute Gasteiger partial charge is 0.356 e. The van der Waals surface area contributed by atoms with Crippen LogP contribution in [0, 0.1) is 6.92 Å². The van der Waals surface area contributed by atoms with Crippen molar-refractivity contribution >= 4 is 17.5 Å². The van der Waals surface area contributed by atoms with Gasteiger partial charge in [0.05, 0.1) is 23.6 Å². The zero-order valence-corrected chi connectivity index (χ0v) is 17.4. The van der Waals surface area contributed by atoms with Crippen molar-refractivity contribution in [2.24, 2.45) is 0 Å². The van der Waals surface area contributed by atoms with Crippen molar-refractivity contribution in [2.75, 3.05) is 23.3 Å². The van der Waals surface area contributed by atoms with E-state index < -0.39 is 37.0 Å². The van der Waals surface area contributed by atoms with Gasteiger partial charge in [0.25, 0.3) is 0 Å². The highest BCUT2D eigenvalue weighted by Gasteiger charge is 2.48. The number of aromatic nitrogens is 4. The molecule has 1 saturated heterocycles. The molecule has 33 heavy (non-hydrogen) atoms. The summed E-state index contributed by atoms with van der Waals surface area (Å²) in [5.41, 5.74) is -0.244. The first kappa shape index (κ1) is 23.3. The summed E-state index contributed by atoms with van der Waals surface area (Å²) in [6.07, 6.45) is -7.51. The molecule has 7 nitrogen and oxygen atoms in total. The molecular weight excluding hydrogens is 454 g/mol. The van der Waals surface area contributed by atoms with Gasteiger partial charge in [-0.05, 0) is 19.8 Å². The average Bonchev–Trinajstić information content (AvgIpc) is 3.13. The molecule has 1 unspecified atom stereocenters. The second-order valence-corrected chi connectivity index (χ2v) is 8.14. The highest BCUT2D eigenvalue weighted by atomic mass is 19.4. The third-order valence-corrected chi connectivity index (χ3v) is 5.89. The van der Waals surface area contributed by atoms with Crippen molar-refractivity contribution in [3.63, 3.8) is 0 Å². The van der Waals surface area contributed by atoms with Gasteiger partial charge in [-0.1, -0.05) is 0 Å². The molecule has 2 aliphatic heterocycles. The molecular formula is C20H21F6N6O.